The van der Waals surface area contributed by atoms with Crippen molar-refractivity contribution in [2.24, 2.45) is 5.92 Å². The number of hydrogen-bond acceptors (Lipinski definition) is 2. The molecule has 1 heterocycles. The van der Waals surface area contributed by atoms with Gasteiger partial charge in [0.2, 0.25) is 5.91 Å². The second-order valence-corrected chi connectivity index (χ2v) is 5.16. The molecule has 0 spiro atoms. The molecule has 0 aliphatic heterocycles. The Morgan fingerprint density at radius 1 is 1.15 bits per heavy atom. The third-order valence-electron chi connectivity index (χ3n) is 3.40. The summed E-state index contributed by atoms with van der Waals surface area (Å²) in [6, 6.07) is 12.5. The fraction of sp³-hybridized carbons (Fsp3) is 0.250. The highest BCUT2D eigenvalue weighted by Gasteiger charge is 2.24. The molecule has 1 aromatic carbocycles. The van der Waals surface area contributed by atoms with Gasteiger partial charge >= 0.3 is 0 Å². The molecule has 0 unspecified atom stereocenters. The summed E-state index contributed by atoms with van der Waals surface area (Å²) < 4.78 is 1.53. The molecule has 0 radical (unpaired) electrons. The van der Waals surface area contributed by atoms with Gasteiger partial charge in [0.15, 0.2) is 0 Å². The summed E-state index contributed by atoms with van der Waals surface area (Å²) in [6.07, 6.45) is 4.54. The Morgan fingerprint density at radius 2 is 1.90 bits per heavy atom. The summed E-state index contributed by atoms with van der Waals surface area (Å²) in [6.45, 7) is 0. The minimum absolute atomic E-state index is 0.0192. The molecule has 1 N–H and O–H groups in total. The normalized spacial score (nSPS) is 14.0. The van der Waals surface area contributed by atoms with Crippen molar-refractivity contribution in [1.29, 1.82) is 0 Å². The Morgan fingerprint density at radius 3 is 2.60 bits per heavy atom. The number of carbonyl (C=O) groups is 1. The molecule has 1 aliphatic rings. The van der Waals surface area contributed by atoms with Crippen LogP contribution in [0.3, 0.4) is 0 Å². The van der Waals surface area contributed by atoms with E-state index in [1.54, 1.807) is 12.3 Å². The average molecular weight is 268 g/mol. The minimum Gasteiger partial charge on any atom is -0.325 e. The molecular weight excluding hydrogens is 252 g/mol. The molecule has 1 fully saturated rings. The van der Waals surface area contributed by atoms with Crippen LogP contribution in [0.5, 0.6) is 0 Å². The quantitative estimate of drug-likeness (QED) is 0.926. The van der Waals surface area contributed by atoms with E-state index in [2.05, 4.69) is 5.32 Å². The van der Waals surface area contributed by atoms with Crippen molar-refractivity contribution in [1.82, 2.24) is 4.57 Å². The smallest absolute Gasteiger partial charge is 0.255 e. The minimum atomic E-state index is -0.114. The first-order chi connectivity index (χ1) is 9.72. The first-order valence-corrected chi connectivity index (χ1v) is 6.80. The number of amides is 1. The van der Waals surface area contributed by atoms with Crippen LogP contribution >= 0.6 is 0 Å². The Balaban J connectivity index is 1.82. The summed E-state index contributed by atoms with van der Waals surface area (Å²) in [5.74, 6) is 0.570. The third kappa shape index (κ3) is 2.96. The monoisotopic (exact) mass is 268 g/mol. The van der Waals surface area contributed by atoms with Gasteiger partial charge in [-0.25, -0.2) is 0 Å². The Kier molecular flexibility index (Phi) is 3.37. The van der Waals surface area contributed by atoms with Gasteiger partial charge in [-0.2, -0.15) is 0 Å². The van der Waals surface area contributed by atoms with Crippen molar-refractivity contribution < 1.29 is 4.79 Å². The summed E-state index contributed by atoms with van der Waals surface area (Å²) in [5.41, 5.74) is 1.33. The van der Waals surface area contributed by atoms with Crippen LogP contribution < -0.4 is 10.9 Å². The molecule has 4 nitrogen and oxygen atoms in total. The standard InChI is InChI=1S/C16H16N2O2/c19-15(10-12-6-7-12)17-13-8-9-16(20)18(11-13)14-4-2-1-3-5-14/h1-5,8-9,11-12H,6-7,10H2,(H,17,19). The van der Waals surface area contributed by atoms with Crippen LogP contribution in [-0.4, -0.2) is 10.5 Å². The molecular formula is C16H16N2O2. The number of rotatable bonds is 4. The second-order valence-electron chi connectivity index (χ2n) is 5.16. The Hall–Kier alpha value is -2.36. The topological polar surface area (TPSA) is 51.1 Å². The maximum atomic E-state index is 11.9. The second kappa shape index (κ2) is 5.33. The van der Waals surface area contributed by atoms with Gasteiger partial charge < -0.3 is 5.32 Å². The average Bonchev–Trinajstić information content (AvgIpc) is 3.26. The SMILES string of the molecule is O=C(CC1CC1)Nc1ccc(=O)n(-c2ccccc2)c1. The maximum absolute atomic E-state index is 11.9. The molecule has 102 valence electrons. The zero-order valence-corrected chi connectivity index (χ0v) is 11.1. The largest absolute Gasteiger partial charge is 0.325 e. The van der Waals surface area contributed by atoms with E-state index < -0.39 is 0 Å². The zero-order valence-electron chi connectivity index (χ0n) is 11.1. The first-order valence-electron chi connectivity index (χ1n) is 6.80. The van der Waals surface area contributed by atoms with Crippen LogP contribution in [0, 0.1) is 5.92 Å². The van der Waals surface area contributed by atoms with Gasteiger partial charge in [-0.15, -0.1) is 0 Å². The van der Waals surface area contributed by atoms with E-state index in [0.29, 0.717) is 18.0 Å². The van der Waals surface area contributed by atoms with E-state index >= 15 is 0 Å². The van der Waals surface area contributed by atoms with E-state index in [4.69, 9.17) is 0 Å². The molecule has 20 heavy (non-hydrogen) atoms. The first kappa shape index (κ1) is 12.7. The van der Waals surface area contributed by atoms with Crippen molar-refractivity contribution in [2.75, 3.05) is 5.32 Å². The highest BCUT2D eigenvalue weighted by atomic mass is 16.1. The lowest BCUT2D eigenvalue weighted by Crippen LogP contribution is -2.19. The number of benzene rings is 1. The zero-order chi connectivity index (χ0) is 13.9. The number of aromatic nitrogens is 1. The summed E-state index contributed by atoms with van der Waals surface area (Å²) in [7, 11) is 0. The van der Waals surface area contributed by atoms with E-state index in [-0.39, 0.29) is 11.5 Å². The third-order valence-corrected chi connectivity index (χ3v) is 3.40. The Labute approximate surface area is 117 Å². The molecule has 1 aliphatic carbocycles. The van der Waals surface area contributed by atoms with Crippen LogP contribution in [0.25, 0.3) is 5.69 Å². The number of pyridine rings is 1. The fourth-order valence-corrected chi connectivity index (χ4v) is 2.15. The number of anilines is 1. The van der Waals surface area contributed by atoms with E-state index in [1.165, 1.54) is 10.6 Å². The summed E-state index contributed by atoms with van der Waals surface area (Å²) >= 11 is 0. The predicted octanol–water partition coefficient (Wildman–Crippen LogP) is 2.58. The highest BCUT2D eigenvalue weighted by Crippen LogP contribution is 2.32. The molecule has 1 saturated carbocycles. The lowest BCUT2D eigenvalue weighted by Gasteiger charge is -2.09. The van der Waals surface area contributed by atoms with Gasteiger partial charge in [-0.1, -0.05) is 18.2 Å². The van der Waals surface area contributed by atoms with E-state index in [1.807, 2.05) is 30.3 Å². The molecule has 2 aromatic rings. The summed E-state index contributed by atoms with van der Waals surface area (Å²) in [4.78, 5) is 23.7. The van der Waals surface area contributed by atoms with Crippen molar-refractivity contribution in [3.05, 3.63) is 59.0 Å². The van der Waals surface area contributed by atoms with Gasteiger partial charge in [0.1, 0.15) is 0 Å². The lowest BCUT2D eigenvalue weighted by molar-refractivity contribution is -0.116. The van der Waals surface area contributed by atoms with E-state index in [0.717, 1.165) is 18.5 Å². The van der Waals surface area contributed by atoms with Gasteiger partial charge in [0.05, 0.1) is 5.69 Å². The number of hydrogen-bond donors (Lipinski definition) is 1. The highest BCUT2D eigenvalue weighted by molar-refractivity contribution is 5.90. The van der Waals surface area contributed by atoms with Crippen LogP contribution in [0.1, 0.15) is 19.3 Å². The summed E-state index contributed by atoms with van der Waals surface area (Å²) in [5, 5.41) is 2.85. The molecule has 4 heteroatoms. The maximum Gasteiger partial charge on any atom is 0.255 e. The van der Waals surface area contributed by atoms with Gasteiger partial charge in [0, 0.05) is 24.4 Å². The molecule has 0 saturated heterocycles. The van der Waals surface area contributed by atoms with Gasteiger partial charge in [-0.3, -0.25) is 14.2 Å². The van der Waals surface area contributed by atoms with Crippen molar-refractivity contribution in [3.63, 3.8) is 0 Å². The van der Waals surface area contributed by atoms with Crippen molar-refractivity contribution in [3.8, 4) is 5.69 Å². The van der Waals surface area contributed by atoms with Crippen LogP contribution in [0.2, 0.25) is 0 Å². The van der Waals surface area contributed by atoms with Crippen LogP contribution in [-0.2, 0) is 4.79 Å². The lowest BCUT2D eigenvalue weighted by atomic mass is 10.2. The van der Waals surface area contributed by atoms with Crippen molar-refractivity contribution >= 4 is 11.6 Å². The predicted molar refractivity (Wildman–Crippen MR) is 78.0 cm³/mol. The molecule has 1 amide bonds. The van der Waals surface area contributed by atoms with Crippen LogP contribution in [0.15, 0.2) is 53.5 Å². The number of carbonyl (C=O) groups excluding carboxylic acids is 1. The van der Waals surface area contributed by atoms with E-state index in [9.17, 15) is 9.59 Å². The number of nitrogens with zero attached hydrogens (tertiary/aromatic N) is 1. The fourth-order valence-electron chi connectivity index (χ4n) is 2.15. The molecule has 0 bridgehead atoms. The van der Waals surface area contributed by atoms with Crippen molar-refractivity contribution in [2.45, 2.75) is 19.3 Å². The number of para-hydroxylation sites is 1. The van der Waals surface area contributed by atoms with Crippen LogP contribution in [0.4, 0.5) is 5.69 Å². The Bertz CT molecular complexity index is 672. The van der Waals surface area contributed by atoms with Gasteiger partial charge in [0.25, 0.3) is 5.56 Å². The van der Waals surface area contributed by atoms with Gasteiger partial charge in [-0.05, 0) is 37.0 Å². The number of nitrogens with one attached hydrogen (secondary N) is 1. The molecule has 3 rings (SSSR count). The molecule has 0 atom stereocenters. The molecule has 1 aromatic heterocycles.